The third kappa shape index (κ3) is 4.57. The average Bonchev–Trinajstić information content (AvgIpc) is 3.76. The van der Waals surface area contributed by atoms with Crippen LogP contribution in [0.3, 0.4) is 0 Å². The molecule has 0 radical (unpaired) electrons. The average molecular weight is 863 g/mol. The fourth-order valence-electron chi connectivity index (χ4n) is 8.46. The van der Waals surface area contributed by atoms with Crippen molar-refractivity contribution in [3.8, 4) is 34.0 Å². The van der Waals surface area contributed by atoms with Crippen LogP contribution in [0.15, 0.2) is 146 Å². The Hall–Kier alpha value is -5.91. The monoisotopic (exact) mass is 862 g/mol. The summed E-state index contributed by atoms with van der Waals surface area (Å²) in [5.74, 6) is 2.12. The Morgan fingerprint density at radius 1 is 0.660 bits per heavy atom. The summed E-state index contributed by atoms with van der Waals surface area (Å²) in [6.07, 6.45) is 5.52. The molecule has 3 aliphatic heterocycles. The van der Waals surface area contributed by atoms with Gasteiger partial charge in [-0.3, -0.25) is 4.57 Å². The number of nitrogens with zero attached hydrogens (tertiary/aromatic N) is 5. The number of para-hydroxylation sites is 3. The van der Waals surface area contributed by atoms with E-state index in [0.29, 0.717) is 11.5 Å². The van der Waals surface area contributed by atoms with Crippen LogP contribution in [-0.4, -0.2) is 16.5 Å². The van der Waals surface area contributed by atoms with E-state index < -0.39 is 0 Å². The van der Waals surface area contributed by atoms with Crippen molar-refractivity contribution in [2.45, 2.75) is 19.3 Å². The van der Waals surface area contributed by atoms with E-state index in [4.69, 9.17) is 9.72 Å². The summed E-state index contributed by atoms with van der Waals surface area (Å²) in [5, 5.41) is 0. The Morgan fingerprint density at radius 3 is 2.23 bits per heavy atom. The van der Waals surface area contributed by atoms with Crippen LogP contribution >= 0.6 is 0 Å². The summed E-state index contributed by atoms with van der Waals surface area (Å²) in [4.78, 5) is 9.61. The molecule has 2 aromatic heterocycles. The van der Waals surface area contributed by atoms with E-state index in [1.54, 1.807) is 0 Å². The maximum Gasteiger partial charge on any atom is 0.419 e. The fourth-order valence-corrected chi connectivity index (χ4v) is 8.46. The maximum atomic E-state index is 6.68. The normalized spacial score (nSPS) is 14.1. The second-order valence-electron chi connectivity index (χ2n) is 14.1. The zero-order valence-corrected chi connectivity index (χ0v) is 31.2. The van der Waals surface area contributed by atoms with Crippen molar-refractivity contribution in [2.75, 3.05) is 9.62 Å². The van der Waals surface area contributed by atoms with E-state index >= 15 is 0 Å². The van der Waals surface area contributed by atoms with Gasteiger partial charge in [-0.1, -0.05) is 104 Å². The third-order valence-corrected chi connectivity index (χ3v) is 10.8. The molecule has 0 fully saturated rings. The Labute approximate surface area is 322 Å². The number of anilines is 4. The topological polar surface area (TPSA) is 37.4 Å². The molecule has 0 saturated heterocycles. The maximum absolute atomic E-state index is 6.68. The van der Waals surface area contributed by atoms with E-state index in [-0.39, 0.29) is 33.5 Å². The van der Waals surface area contributed by atoms with E-state index in [9.17, 15) is 0 Å². The Bertz CT molecular complexity index is 2730. The SMILES string of the molecule is CC1(C)c2ccc(Oc3[c-]c4c(cc3)-c3ccccc3B3N(c5ccccc5)c5cccnc5N34)[c-]c2-n2[c-][n+](-c3ccccc3)c3cccc1c32.[Pt]. The number of rotatable bonds is 4. The first-order valence-corrected chi connectivity index (χ1v) is 17.6. The second kappa shape index (κ2) is 11.8. The summed E-state index contributed by atoms with van der Waals surface area (Å²) >= 11 is 0. The molecule has 256 valence electrons. The zero-order chi connectivity index (χ0) is 34.6. The number of imidazole rings is 1. The quantitative estimate of drug-likeness (QED) is 0.101. The van der Waals surface area contributed by atoms with Crippen LogP contribution in [0.5, 0.6) is 11.5 Å². The number of hydrogen-bond donors (Lipinski definition) is 0. The van der Waals surface area contributed by atoms with Crippen LogP contribution in [0.2, 0.25) is 0 Å². The smallest absolute Gasteiger partial charge is 0.419 e. The van der Waals surface area contributed by atoms with Crippen molar-refractivity contribution in [2.24, 2.45) is 0 Å². The minimum Gasteiger partial charge on any atom is -0.510 e. The van der Waals surface area contributed by atoms with Gasteiger partial charge in [0.15, 0.2) is 0 Å². The molecule has 0 atom stereocenters. The summed E-state index contributed by atoms with van der Waals surface area (Å²) in [7, 11) is 0. The van der Waals surface area contributed by atoms with E-state index in [1.807, 2.05) is 30.5 Å². The standard InChI is InChI=1S/C45H30BN5O.Pt/c1-45(2)36-25-23-33(28-42(36)49-29-48(30-13-5-3-6-14-30)39-20-11-18-37(45)43(39)49)52-32-22-24-35-34-17-9-10-19-38(34)46-50(31-15-7-4-8-16-31)40-21-12-26-47-44(40)51(46)41(35)27-32;/h3-26H,1-2H3;/q-2;. The van der Waals surface area contributed by atoms with Crippen LogP contribution in [0.25, 0.3) is 33.5 Å². The molecule has 0 spiro atoms. The van der Waals surface area contributed by atoms with Gasteiger partial charge in [0.1, 0.15) is 5.82 Å². The molecule has 6 nitrogen and oxygen atoms in total. The summed E-state index contributed by atoms with van der Waals surface area (Å²) in [6, 6.07) is 56.0. The van der Waals surface area contributed by atoms with Gasteiger partial charge in [-0.25, -0.2) is 4.98 Å². The molecule has 8 aromatic rings. The first-order valence-electron chi connectivity index (χ1n) is 17.6. The molecule has 5 heterocycles. The molecule has 53 heavy (non-hydrogen) atoms. The predicted molar refractivity (Wildman–Crippen MR) is 206 cm³/mol. The van der Waals surface area contributed by atoms with Crippen LogP contribution in [0.4, 0.5) is 22.9 Å². The van der Waals surface area contributed by atoms with Crippen molar-refractivity contribution in [3.63, 3.8) is 0 Å². The molecule has 0 unspecified atom stereocenters. The minimum absolute atomic E-state index is 0. The first kappa shape index (κ1) is 31.8. The largest absolute Gasteiger partial charge is 0.510 e. The number of fused-ring (bicyclic) bond motifs is 10. The van der Waals surface area contributed by atoms with Crippen LogP contribution in [-0.2, 0) is 26.5 Å². The number of ether oxygens (including phenoxy) is 1. The molecular weight excluding hydrogens is 832 g/mol. The van der Waals surface area contributed by atoms with Gasteiger partial charge in [0.05, 0.1) is 22.4 Å². The zero-order valence-electron chi connectivity index (χ0n) is 28.9. The van der Waals surface area contributed by atoms with Gasteiger partial charge in [-0.15, -0.1) is 35.4 Å². The van der Waals surface area contributed by atoms with Crippen molar-refractivity contribution in [3.05, 3.63) is 175 Å². The van der Waals surface area contributed by atoms with Crippen molar-refractivity contribution in [1.29, 1.82) is 0 Å². The van der Waals surface area contributed by atoms with E-state index in [0.717, 1.165) is 50.9 Å². The predicted octanol–water partition coefficient (Wildman–Crippen LogP) is 8.80. The molecule has 0 bridgehead atoms. The summed E-state index contributed by atoms with van der Waals surface area (Å²) in [5.41, 5.74) is 13.0. The molecule has 0 saturated carbocycles. The summed E-state index contributed by atoms with van der Waals surface area (Å²) < 4.78 is 11.0. The summed E-state index contributed by atoms with van der Waals surface area (Å²) in [6.45, 7) is 4.43. The van der Waals surface area contributed by atoms with Gasteiger partial charge in [-0.2, -0.15) is 12.1 Å². The van der Waals surface area contributed by atoms with E-state index in [1.165, 1.54) is 22.2 Å². The third-order valence-electron chi connectivity index (χ3n) is 10.8. The van der Waals surface area contributed by atoms with Gasteiger partial charge in [-0.05, 0) is 58.5 Å². The van der Waals surface area contributed by atoms with Crippen LogP contribution in [0, 0.1) is 18.5 Å². The molecule has 0 N–H and O–H groups in total. The molecule has 3 aliphatic rings. The molecule has 6 aromatic carbocycles. The number of pyridine rings is 1. The van der Waals surface area contributed by atoms with Gasteiger partial charge in [0.25, 0.3) is 6.33 Å². The van der Waals surface area contributed by atoms with Crippen molar-refractivity contribution < 1.29 is 30.4 Å². The number of benzene rings is 6. The van der Waals surface area contributed by atoms with Gasteiger partial charge >= 0.3 is 6.98 Å². The Balaban J connectivity index is 0.00000349. The van der Waals surface area contributed by atoms with E-state index in [2.05, 4.69) is 166 Å². The Morgan fingerprint density at radius 2 is 1.40 bits per heavy atom. The number of hydrogen-bond acceptors (Lipinski definition) is 4. The van der Waals surface area contributed by atoms with Gasteiger partial charge < -0.3 is 18.9 Å². The number of aromatic nitrogens is 3. The molecule has 0 amide bonds. The second-order valence-corrected chi connectivity index (χ2v) is 14.1. The van der Waals surface area contributed by atoms with Crippen LogP contribution < -0.4 is 24.4 Å². The first-order chi connectivity index (χ1) is 25.6. The minimum atomic E-state index is -0.248. The van der Waals surface area contributed by atoms with Gasteiger partial charge in [0.2, 0.25) is 0 Å². The molecule has 8 heteroatoms. The molecule has 0 aliphatic carbocycles. The fraction of sp³-hybridized carbons (Fsp3) is 0.0667. The van der Waals surface area contributed by atoms with Gasteiger partial charge in [0, 0.05) is 44.4 Å². The Kier molecular flexibility index (Phi) is 7.08. The molecular formula is C45H30BN5OPt-2. The van der Waals surface area contributed by atoms with Crippen molar-refractivity contribution >= 4 is 46.4 Å². The van der Waals surface area contributed by atoms with Crippen molar-refractivity contribution in [1.82, 2.24) is 9.55 Å². The van der Waals surface area contributed by atoms with Crippen LogP contribution in [0.1, 0.15) is 25.0 Å². The molecule has 11 rings (SSSR count).